The molecule has 4 N–H and O–H groups in total. The van der Waals surface area contributed by atoms with Gasteiger partial charge in [0.2, 0.25) is 6.29 Å². The van der Waals surface area contributed by atoms with E-state index in [1.54, 1.807) is 10.6 Å². The Morgan fingerprint density at radius 3 is 2.55 bits per heavy atom. The van der Waals surface area contributed by atoms with Gasteiger partial charge in [0.15, 0.2) is 5.88 Å². The molecule has 5 atom stereocenters. The van der Waals surface area contributed by atoms with Gasteiger partial charge in [-0.05, 0) is 6.07 Å². The number of para-hydroxylation sites is 1. The van der Waals surface area contributed by atoms with Crippen molar-refractivity contribution in [3.63, 3.8) is 0 Å². The molecular weight excluding hydrogens is 290 g/mol. The van der Waals surface area contributed by atoms with Crippen molar-refractivity contribution < 1.29 is 29.9 Å². The fourth-order valence-electron chi connectivity index (χ4n) is 2.66. The van der Waals surface area contributed by atoms with Crippen molar-refractivity contribution in [1.29, 1.82) is 0 Å². The average Bonchev–Trinajstić information content (AvgIpc) is 2.84. The smallest absolute Gasteiger partial charge is 0.230 e. The molecule has 1 aromatic heterocycles. The molecule has 0 spiro atoms. The van der Waals surface area contributed by atoms with Crippen LogP contribution in [0.4, 0.5) is 0 Å². The van der Waals surface area contributed by atoms with Crippen LogP contribution in [0.5, 0.6) is 5.88 Å². The lowest BCUT2D eigenvalue weighted by Crippen LogP contribution is -2.60. The first-order valence-electron chi connectivity index (χ1n) is 7.04. The molecule has 0 bridgehead atoms. The van der Waals surface area contributed by atoms with Gasteiger partial charge in [-0.1, -0.05) is 18.2 Å². The number of aliphatic hydroxyl groups excluding tert-OH is 4. The van der Waals surface area contributed by atoms with Gasteiger partial charge >= 0.3 is 0 Å². The molecule has 1 aliphatic heterocycles. The Labute approximate surface area is 126 Å². The Kier molecular flexibility index (Phi) is 4.07. The summed E-state index contributed by atoms with van der Waals surface area (Å²) in [5.41, 5.74) is 0.946. The lowest BCUT2D eigenvalue weighted by Gasteiger charge is -2.39. The molecule has 120 valence electrons. The number of ether oxygens (including phenoxy) is 2. The van der Waals surface area contributed by atoms with E-state index in [4.69, 9.17) is 9.47 Å². The topological polar surface area (TPSA) is 104 Å². The molecule has 1 saturated heterocycles. The van der Waals surface area contributed by atoms with E-state index >= 15 is 0 Å². The third-order valence-electron chi connectivity index (χ3n) is 3.99. The molecule has 1 aliphatic rings. The zero-order valence-electron chi connectivity index (χ0n) is 12.0. The Hall–Kier alpha value is -1.64. The zero-order valence-corrected chi connectivity index (χ0v) is 12.0. The SMILES string of the molecule is Cn1c(O[C@@H]2O[C@H](CO)[C@H](O)[C@H](O)[C@H]2O)cc2ccccc21. The number of aryl methyl sites for hydroxylation is 1. The summed E-state index contributed by atoms with van der Waals surface area (Å²) in [6.45, 7) is -0.486. The van der Waals surface area contributed by atoms with Gasteiger partial charge in [0.05, 0.1) is 12.1 Å². The van der Waals surface area contributed by atoms with E-state index in [-0.39, 0.29) is 0 Å². The van der Waals surface area contributed by atoms with Crippen LogP contribution < -0.4 is 4.74 Å². The van der Waals surface area contributed by atoms with Gasteiger partial charge < -0.3 is 34.5 Å². The fraction of sp³-hybridized carbons (Fsp3) is 0.467. The summed E-state index contributed by atoms with van der Waals surface area (Å²) >= 11 is 0. The molecule has 2 heterocycles. The van der Waals surface area contributed by atoms with Crippen LogP contribution in [0.1, 0.15) is 0 Å². The minimum atomic E-state index is -1.45. The minimum absolute atomic E-state index is 0.450. The number of nitrogens with zero attached hydrogens (tertiary/aromatic N) is 1. The van der Waals surface area contributed by atoms with Gasteiger partial charge in [-0.2, -0.15) is 0 Å². The summed E-state index contributed by atoms with van der Waals surface area (Å²) in [6, 6.07) is 9.45. The standard InChI is InChI=1S/C15H19NO6/c1-16-9-5-3-2-4-8(9)6-11(16)22-15-14(20)13(19)12(18)10(7-17)21-15/h2-6,10,12-15,17-20H,7H2,1H3/t10-,12+,13+,14-,15+/m1/s1. The van der Waals surface area contributed by atoms with Gasteiger partial charge in [-0.15, -0.1) is 0 Å². The highest BCUT2D eigenvalue weighted by molar-refractivity contribution is 5.82. The van der Waals surface area contributed by atoms with Crippen molar-refractivity contribution in [2.45, 2.75) is 30.7 Å². The molecular formula is C15H19NO6. The van der Waals surface area contributed by atoms with Gasteiger partial charge in [0.1, 0.15) is 24.4 Å². The first kappa shape index (κ1) is 15.3. The lowest BCUT2D eigenvalue weighted by atomic mass is 9.99. The molecule has 0 saturated carbocycles. The Morgan fingerprint density at radius 2 is 1.86 bits per heavy atom. The summed E-state index contributed by atoms with van der Waals surface area (Å²) in [5, 5.41) is 39.7. The molecule has 3 rings (SSSR count). The van der Waals surface area contributed by atoms with Gasteiger partial charge in [0.25, 0.3) is 0 Å². The molecule has 0 aliphatic carbocycles. The van der Waals surface area contributed by atoms with E-state index < -0.39 is 37.3 Å². The van der Waals surface area contributed by atoms with Gasteiger partial charge in [-0.25, -0.2) is 0 Å². The fourth-order valence-corrected chi connectivity index (χ4v) is 2.66. The van der Waals surface area contributed by atoms with Gasteiger partial charge in [0, 0.05) is 18.5 Å². The van der Waals surface area contributed by atoms with E-state index in [0.717, 1.165) is 10.9 Å². The molecule has 0 radical (unpaired) electrons. The van der Waals surface area contributed by atoms with Crippen molar-refractivity contribution in [2.24, 2.45) is 7.05 Å². The van der Waals surface area contributed by atoms with E-state index in [9.17, 15) is 20.4 Å². The number of fused-ring (bicyclic) bond motifs is 1. The number of hydrogen-bond donors (Lipinski definition) is 4. The molecule has 2 aromatic rings. The van der Waals surface area contributed by atoms with E-state index in [1.807, 2.05) is 31.3 Å². The minimum Gasteiger partial charge on any atom is -0.447 e. The maximum Gasteiger partial charge on any atom is 0.230 e. The predicted octanol–water partition coefficient (Wildman–Crippen LogP) is -0.643. The number of aromatic nitrogens is 1. The Bertz CT molecular complexity index is 655. The number of rotatable bonds is 3. The summed E-state index contributed by atoms with van der Waals surface area (Å²) < 4.78 is 12.8. The second-order valence-electron chi connectivity index (χ2n) is 5.42. The summed E-state index contributed by atoms with van der Waals surface area (Å²) in [7, 11) is 1.81. The lowest BCUT2D eigenvalue weighted by molar-refractivity contribution is -0.278. The molecule has 7 nitrogen and oxygen atoms in total. The third kappa shape index (κ3) is 2.47. The molecule has 0 amide bonds. The number of aliphatic hydroxyl groups is 4. The van der Waals surface area contributed by atoms with Crippen molar-refractivity contribution in [3.8, 4) is 5.88 Å². The van der Waals surface area contributed by atoms with E-state index in [1.165, 1.54) is 0 Å². The number of benzene rings is 1. The van der Waals surface area contributed by atoms with E-state index in [0.29, 0.717) is 5.88 Å². The van der Waals surface area contributed by atoms with Gasteiger partial charge in [-0.3, -0.25) is 0 Å². The normalized spacial score (nSPS) is 32.3. The zero-order chi connectivity index (χ0) is 15.9. The Balaban J connectivity index is 1.85. The van der Waals surface area contributed by atoms with E-state index in [2.05, 4.69) is 0 Å². The van der Waals surface area contributed by atoms with Crippen LogP contribution in [0.15, 0.2) is 30.3 Å². The van der Waals surface area contributed by atoms with Crippen LogP contribution in [-0.2, 0) is 11.8 Å². The first-order chi connectivity index (χ1) is 10.5. The van der Waals surface area contributed by atoms with Crippen molar-refractivity contribution in [1.82, 2.24) is 4.57 Å². The molecule has 1 aromatic carbocycles. The van der Waals surface area contributed by atoms with Crippen LogP contribution in [0, 0.1) is 0 Å². The largest absolute Gasteiger partial charge is 0.447 e. The highest BCUT2D eigenvalue weighted by atomic mass is 16.7. The molecule has 22 heavy (non-hydrogen) atoms. The predicted molar refractivity (Wildman–Crippen MR) is 77.3 cm³/mol. The van der Waals surface area contributed by atoms with Crippen molar-refractivity contribution in [3.05, 3.63) is 30.3 Å². The van der Waals surface area contributed by atoms with Crippen LogP contribution in [0.3, 0.4) is 0 Å². The van der Waals surface area contributed by atoms with Crippen LogP contribution in [0.2, 0.25) is 0 Å². The summed E-state index contributed by atoms with van der Waals surface area (Å²) in [6.07, 6.45) is -6.44. The molecule has 7 heteroatoms. The van der Waals surface area contributed by atoms with Crippen LogP contribution >= 0.6 is 0 Å². The molecule has 1 fully saturated rings. The first-order valence-corrected chi connectivity index (χ1v) is 7.04. The van der Waals surface area contributed by atoms with Crippen LogP contribution in [0.25, 0.3) is 10.9 Å². The third-order valence-corrected chi connectivity index (χ3v) is 3.99. The van der Waals surface area contributed by atoms with Crippen molar-refractivity contribution >= 4 is 10.9 Å². The summed E-state index contributed by atoms with van der Waals surface area (Å²) in [4.78, 5) is 0. The average molecular weight is 309 g/mol. The maximum absolute atomic E-state index is 10.00. The second-order valence-corrected chi connectivity index (χ2v) is 5.42. The summed E-state index contributed by atoms with van der Waals surface area (Å²) in [5.74, 6) is 0.450. The van der Waals surface area contributed by atoms with Crippen molar-refractivity contribution in [2.75, 3.05) is 6.61 Å². The monoisotopic (exact) mass is 309 g/mol. The highest BCUT2D eigenvalue weighted by Crippen LogP contribution is 2.28. The highest BCUT2D eigenvalue weighted by Gasteiger charge is 2.44. The Morgan fingerprint density at radius 1 is 1.14 bits per heavy atom. The second kappa shape index (κ2) is 5.86. The van der Waals surface area contributed by atoms with Crippen LogP contribution in [-0.4, -0.2) is 62.3 Å². The quantitative estimate of drug-likeness (QED) is 0.601. The maximum atomic E-state index is 10.00. The molecule has 0 unspecified atom stereocenters. The number of hydrogen-bond acceptors (Lipinski definition) is 6.